The van der Waals surface area contributed by atoms with E-state index < -0.39 is 0 Å². The van der Waals surface area contributed by atoms with E-state index in [1.54, 1.807) is 42.6 Å². The van der Waals surface area contributed by atoms with Gasteiger partial charge in [0.2, 0.25) is 5.91 Å². The van der Waals surface area contributed by atoms with Crippen molar-refractivity contribution in [3.05, 3.63) is 77.9 Å². The number of amides is 1. The number of nitrogens with one attached hydrogen (secondary N) is 1. The molecular weight excluding hydrogens is 359 g/mol. The number of hydrogen-bond donors (Lipinski definition) is 2. The molecule has 0 spiro atoms. The molecule has 3 rings (SSSR count). The van der Waals surface area contributed by atoms with Crippen molar-refractivity contribution in [3.8, 4) is 22.6 Å². The quantitative estimate of drug-likeness (QED) is 0.653. The molecule has 2 N–H and O–H groups in total. The molecule has 2 aromatic carbocycles. The Morgan fingerprint density at radius 3 is 2.75 bits per heavy atom. The largest absolute Gasteiger partial charge is 0.508 e. The van der Waals surface area contributed by atoms with Crippen molar-refractivity contribution in [1.29, 1.82) is 0 Å². The fraction of sp³-hybridized carbons (Fsp3) is 0.182. The van der Waals surface area contributed by atoms with Crippen LogP contribution < -0.4 is 10.1 Å². The Labute approximate surface area is 162 Å². The van der Waals surface area contributed by atoms with Gasteiger partial charge in [0.25, 0.3) is 0 Å². The maximum absolute atomic E-state index is 13.2. The van der Waals surface area contributed by atoms with Crippen molar-refractivity contribution in [2.24, 2.45) is 0 Å². The number of hydrogen-bond acceptors (Lipinski definition) is 4. The van der Waals surface area contributed by atoms with Crippen LogP contribution in [0, 0.1) is 5.82 Å². The molecule has 6 heteroatoms. The predicted molar refractivity (Wildman–Crippen MR) is 104 cm³/mol. The maximum atomic E-state index is 13.2. The second-order valence-electron chi connectivity index (χ2n) is 6.24. The second-order valence-corrected chi connectivity index (χ2v) is 6.24. The van der Waals surface area contributed by atoms with Gasteiger partial charge in [0.05, 0.1) is 13.0 Å². The van der Waals surface area contributed by atoms with Crippen LogP contribution in [-0.2, 0) is 17.8 Å². The first-order valence-electron chi connectivity index (χ1n) is 8.97. The highest BCUT2D eigenvalue weighted by atomic mass is 19.1. The van der Waals surface area contributed by atoms with Crippen LogP contribution in [0.5, 0.6) is 11.5 Å². The van der Waals surface area contributed by atoms with E-state index in [-0.39, 0.29) is 30.4 Å². The SMILES string of the molecule is CCOc1cc(O)ccc1-c1ccc(CC(=O)NCc2cccc(F)c2)nc1. The molecule has 0 aliphatic carbocycles. The van der Waals surface area contributed by atoms with Gasteiger partial charge in [-0.1, -0.05) is 18.2 Å². The number of phenolic OH excluding ortho intramolecular Hbond substituents is 1. The number of nitrogens with zero attached hydrogens (tertiary/aromatic N) is 1. The van der Waals surface area contributed by atoms with E-state index in [2.05, 4.69) is 10.3 Å². The summed E-state index contributed by atoms with van der Waals surface area (Å²) >= 11 is 0. The van der Waals surface area contributed by atoms with Gasteiger partial charge in [0.1, 0.15) is 17.3 Å². The first-order chi connectivity index (χ1) is 13.5. The Balaban J connectivity index is 1.64. The summed E-state index contributed by atoms with van der Waals surface area (Å²) in [5, 5.41) is 12.4. The number of rotatable bonds is 7. The Morgan fingerprint density at radius 2 is 2.04 bits per heavy atom. The number of benzene rings is 2. The summed E-state index contributed by atoms with van der Waals surface area (Å²) in [5.41, 5.74) is 2.96. The minimum Gasteiger partial charge on any atom is -0.508 e. The zero-order chi connectivity index (χ0) is 19.9. The van der Waals surface area contributed by atoms with E-state index in [1.807, 2.05) is 13.0 Å². The Morgan fingerprint density at radius 1 is 1.18 bits per heavy atom. The molecule has 0 unspecified atom stereocenters. The Kier molecular flexibility index (Phi) is 6.22. The molecule has 3 aromatic rings. The lowest BCUT2D eigenvalue weighted by molar-refractivity contribution is -0.120. The smallest absolute Gasteiger partial charge is 0.226 e. The lowest BCUT2D eigenvalue weighted by Gasteiger charge is -2.11. The fourth-order valence-electron chi connectivity index (χ4n) is 2.79. The number of carbonyl (C=O) groups is 1. The van der Waals surface area contributed by atoms with Gasteiger partial charge in [-0.25, -0.2) is 4.39 Å². The highest BCUT2D eigenvalue weighted by Gasteiger charge is 2.10. The van der Waals surface area contributed by atoms with Gasteiger partial charge in [-0.2, -0.15) is 0 Å². The number of carbonyl (C=O) groups excluding carboxylic acids is 1. The zero-order valence-electron chi connectivity index (χ0n) is 15.5. The van der Waals surface area contributed by atoms with E-state index in [9.17, 15) is 14.3 Å². The molecule has 0 aliphatic heterocycles. The molecule has 0 fully saturated rings. The molecule has 1 heterocycles. The highest BCUT2D eigenvalue weighted by molar-refractivity contribution is 5.78. The molecule has 5 nitrogen and oxygen atoms in total. The van der Waals surface area contributed by atoms with Gasteiger partial charge in [0.15, 0.2) is 0 Å². The number of pyridine rings is 1. The summed E-state index contributed by atoms with van der Waals surface area (Å²) in [6.07, 6.45) is 1.80. The average Bonchev–Trinajstić information content (AvgIpc) is 2.68. The average molecular weight is 380 g/mol. The molecule has 0 radical (unpaired) electrons. The minimum atomic E-state index is -0.329. The van der Waals surface area contributed by atoms with Crippen LogP contribution in [-0.4, -0.2) is 22.6 Å². The topological polar surface area (TPSA) is 71.5 Å². The van der Waals surface area contributed by atoms with Gasteiger partial charge in [-0.15, -0.1) is 0 Å². The Hall–Kier alpha value is -3.41. The lowest BCUT2D eigenvalue weighted by atomic mass is 10.1. The van der Waals surface area contributed by atoms with E-state index >= 15 is 0 Å². The summed E-state index contributed by atoms with van der Waals surface area (Å²) < 4.78 is 18.7. The molecule has 1 amide bonds. The van der Waals surface area contributed by atoms with E-state index in [4.69, 9.17) is 4.74 Å². The lowest BCUT2D eigenvalue weighted by Crippen LogP contribution is -2.24. The van der Waals surface area contributed by atoms with Crippen LogP contribution in [0.15, 0.2) is 60.8 Å². The molecule has 0 saturated carbocycles. The number of aromatic nitrogens is 1. The van der Waals surface area contributed by atoms with Crippen LogP contribution in [0.1, 0.15) is 18.2 Å². The van der Waals surface area contributed by atoms with Crippen LogP contribution in [0.2, 0.25) is 0 Å². The molecule has 0 saturated heterocycles. The molecular formula is C22H21FN2O3. The van der Waals surface area contributed by atoms with Crippen molar-refractivity contribution in [3.63, 3.8) is 0 Å². The first-order valence-corrected chi connectivity index (χ1v) is 8.97. The summed E-state index contributed by atoms with van der Waals surface area (Å²) in [6, 6.07) is 14.7. The molecule has 144 valence electrons. The molecule has 0 atom stereocenters. The minimum absolute atomic E-state index is 0.128. The highest BCUT2D eigenvalue weighted by Crippen LogP contribution is 2.32. The molecule has 0 bridgehead atoms. The van der Waals surface area contributed by atoms with Crippen LogP contribution in [0.4, 0.5) is 4.39 Å². The van der Waals surface area contributed by atoms with E-state index in [1.165, 1.54) is 12.1 Å². The third-order valence-corrected chi connectivity index (χ3v) is 4.12. The Bertz CT molecular complexity index is 958. The third kappa shape index (κ3) is 5.07. The second kappa shape index (κ2) is 8.99. The van der Waals surface area contributed by atoms with Gasteiger partial charge in [-0.05, 0) is 42.8 Å². The van der Waals surface area contributed by atoms with Crippen molar-refractivity contribution < 1.29 is 19.0 Å². The summed E-state index contributed by atoms with van der Waals surface area (Å²) in [5.74, 6) is 0.186. The fourth-order valence-corrected chi connectivity index (χ4v) is 2.79. The third-order valence-electron chi connectivity index (χ3n) is 4.12. The van der Waals surface area contributed by atoms with Crippen molar-refractivity contribution in [1.82, 2.24) is 10.3 Å². The van der Waals surface area contributed by atoms with E-state index in [0.717, 1.165) is 11.1 Å². The van der Waals surface area contributed by atoms with Crippen LogP contribution in [0.3, 0.4) is 0 Å². The summed E-state index contributed by atoms with van der Waals surface area (Å²) in [6.45, 7) is 2.62. The monoisotopic (exact) mass is 380 g/mol. The molecule has 1 aromatic heterocycles. The first kappa shape index (κ1) is 19.4. The molecule has 0 aliphatic rings. The van der Waals surface area contributed by atoms with Crippen molar-refractivity contribution in [2.45, 2.75) is 19.9 Å². The predicted octanol–water partition coefficient (Wildman–Crippen LogP) is 3.85. The zero-order valence-corrected chi connectivity index (χ0v) is 15.5. The van der Waals surface area contributed by atoms with Crippen LogP contribution >= 0.6 is 0 Å². The van der Waals surface area contributed by atoms with Crippen molar-refractivity contribution in [2.75, 3.05) is 6.61 Å². The number of phenols is 1. The summed E-state index contributed by atoms with van der Waals surface area (Å²) in [7, 11) is 0. The summed E-state index contributed by atoms with van der Waals surface area (Å²) in [4.78, 5) is 16.5. The van der Waals surface area contributed by atoms with Gasteiger partial charge in [-0.3, -0.25) is 9.78 Å². The normalized spacial score (nSPS) is 10.5. The van der Waals surface area contributed by atoms with Gasteiger partial charge >= 0.3 is 0 Å². The number of ether oxygens (including phenoxy) is 1. The van der Waals surface area contributed by atoms with E-state index in [0.29, 0.717) is 23.6 Å². The maximum Gasteiger partial charge on any atom is 0.226 e. The van der Waals surface area contributed by atoms with Crippen molar-refractivity contribution >= 4 is 5.91 Å². The van der Waals surface area contributed by atoms with Gasteiger partial charge in [0, 0.05) is 35.6 Å². The van der Waals surface area contributed by atoms with Gasteiger partial charge < -0.3 is 15.2 Å². The standard InChI is InChI=1S/C22H21FN2O3/c1-2-28-21-12-19(26)8-9-20(21)16-6-7-18(24-14-16)11-22(27)25-13-15-4-3-5-17(23)10-15/h3-10,12,14,26H,2,11,13H2,1H3,(H,25,27). The number of aromatic hydroxyl groups is 1. The molecule has 28 heavy (non-hydrogen) atoms. The number of halogens is 1. The van der Waals surface area contributed by atoms with Crippen LogP contribution in [0.25, 0.3) is 11.1 Å².